The van der Waals surface area contributed by atoms with Gasteiger partial charge >= 0.3 is 0 Å². The lowest BCUT2D eigenvalue weighted by Crippen LogP contribution is -3.14. The van der Waals surface area contributed by atoms with E-state index in [0.29, 0.717) is 6.54 Å². The molecule has 1 atom stereocenters. The number of hydrogen-bond donors (Lipinski definition) is 3. The normalized spacial score (nSPS) is 12.6. The van der Waals surface area contributed by atoms with Gasteiger partial charge in [-0.05, 0) is 68.2 Å². The van der Waals surface area contributed by atoms with E-state index in [9.17, 15) is 9.59 Å². The van der Waals surface area contributed by atoms with Crippen LogP contribution in [0.1, 0.15) is 33.3 Å². The first-order valence-electron chi connectivity index (χ1n) is 7.81. The highest BCUT2D eigenvalue weighted by Crippen LogP contribution is 2.22. The number of amides is 2. The molecule has 1 aromatic rings. The van der Waals surface area contributed by atoms with Crippen molar-refractivity contribution < 1.29 is 14.5 Å². The molecule has 0 saturated heterocycles. The second kappa shape index (κ2) is 8.45. The molecule has 0 fully saturated rings. The zero-order valence-electron chi connectivity index (χ0n) is 14.5. The Hall–Kier alpha value is -1.40. The Balaban J connectivity index is 2.58. The Morgan fingerprint density at radius 2 is 1.78 bits per heavy atom. The lowest BCUT2D eigenvalue weighted by atomic mass is 10.1. The van der Waals surface area contributed by atoms with E-state index < -0.39 is 0 Å². The summed E-state index contributed by atoms with van der Waals surface area (Å²) in [5.74, 6) is -0.145. The number of anilines is 1. The molecule has 0 saturated carbocycles. The smallest absolute Gasteiger partial charge is 0.279 e. The zero-order valence-corrected chi connectivity index (χ0v) is 16.1. The average molecular weight is 385 g/mol. The molecule has 0 radical (unpaired) electrons. The van der Waals surface area contributed by atoms with Crippen molar-refractivity contribution >= 4 is 33.4 Å². The van der Waals surface area contributed by atoms with E-state index in [-0.39, 0.29) is 30.4 Å². The first kappa shape index (κ1) is 19.6. The van der Waals surface area contributed by atoms with Crippen molar-refractivity contribution in [2.45, 2.75) is 40.2 Å². The fourth-order valence-corrected chi connectivity index (χ4v) is 2.74. The van der Waals surface area contributed by atoms with Gasteiger partial charge in [0, 0.05) is 10.0 Å². The van der Waals surface area contributed by atoms with E-state index in [2.05, 4.69) is 26.6 Å². The van der Waals surface area contributed by atoms with Crippen LogP contribution in [0.5, 0.6) is 0 Å². The summed E-state index contributed by atoms with van der Waals surface area (Å²) >= 11 is 3.45. The van der Waals surface area contributed by atoms with Gasteiger partial charge in [0.05, 0.1) is 12.2 Å². The van der Waals surface area contributed by atoms with Gasteiger partial charge in [-0.25, -0.2) is 0 Å². The summed E-state index contributed by atoms with van der Waals surface area (Å²) in [5, 5.41) is 5.81. The number of rotatable bonds is 6. The molecular weight excluding hydrogens is 358 g/mol. The maximum Gasteiger partial charge on any atom is 0.279 e. The molecule has 3 N–H and O–H groups in total. The van der Waals surface area contributed by atoms with E-state index in [1.54, 1.807) is 0 Å². The Labute approximate surface area is 146 Å². The molecule has 0 aromatic heterocycles. The minimum atomic E-state index is -0.259. The van der Waals surface area contributed by atoms with E-state index in [1.165, 1.54) is 0 Å². The van der Waals surface area contributed by atoms with Crippen LogP contribution in [0.15, 0.2) is 22.7 Å². The van der Waals surface area contributed by atoms with Crippen LogP contribution >= 0.6 is 15.9 Å². The quantitative estimate of drug-likeness (QED) is 0.695. The van der Waals surface area contributed by atoms with Gasteiger partial charge in [0.2, 0.25) is 0 Å². The summed E-state index contributed by atoms with van der Waals surface area (Å²) in [7, 11) is 0. The predicted octanol–water partition coefficient (Wildman–Crippen LogP) is 1.52. The van der Waals surface area contributed by atoms with Gasteiger partial charge < -0.3 is 15.5 Å². The molecule has 0 heterocycles. The minimum absolute atomic E-state index is 0.0429. The predicted molar refractivity (Wildman–Crippen MR) is 96.6 cm³/mol. The standard InChI is InChI=1S/C17H26BrN3O2/c1-6-21(11-16(23)20-17(3,4)5)10-15(22)19-14-8-7-12(2)9-13(14)18/h7-9H,6,10-11H2,1-5H3,(H,19,22)(H,20,23)/p+1. The molecule has 2 amide bonds. The molecule has 6 heteroatoms. The number of aryl methyl sites for hydroxylation is 1. The molecule has 1 unspecified atom stereocenters. The van der Waals surface area contributed by atoms with E-state index in [4.69, 9.17) is 0 Å². The summed E-state index contributed by atoms with van der Waals surface area (Å²) in [6.45, 7) is 11.0. The molecule has 128 valence electrons. The van der Waals surface area contributed by atoms with Gasteiger partial charge in [0.15, 0.2) is 13.1 Å². The third-order valence-corrected chi connectivity index (χ3v) is 3.89. The fraction of sp³-hybridized carbons (Fsp3) is 0.529. The second-order valence-electron chi connectivity index (χ2n) is 6.79. The summed E-state index contributed by atoms with van der Waals surface area (Å²) < 4.78 is 0.856. The summed E-state index contributed by atoms with van der Waals surface area (Å²) in [4.78, 5) is 25.1. The summed E-state index contributed by atoms with van der Waals surface area (Å²) in [5.41, 5.74) is 1.61. The number of benzene rings is 1. The molecule has 5 nitrogen and oxygen atoms in total. The zero-order chi connectivity index (χ0) is 17.6. The SMILES string of the molecule is CC[NH+](CC(=O)Nc1ccc(C)cc1Br)CC(=O)NC(C)(C)C. The number of nitrogens with one attached hydrogen (secondary N) is 3. The van der Waals surface area contributed by atoms with E-state index >= 15 is 0 Å². The van der Waals surface area contributed by atoms with Crippen LogP contribution in [0.4, 0.5) is 5.69 Å². The molecule has 0 aliphatic carbocycles. The Morgan fingerprint density at radius 1 is 1.17 bits per heavy atom. The van der Waals surface area contributed by atoms with E-state index in [0.717, 1.165) is 20.6 Å². The monoisotopic (exact) mass is 384 g/mol. The van der Waals surface area contributed by atoms with Crippen molar-refractivity contribution in [1.29, 1.82) is 0 Å². The lowest BCUT2D eigenvalue weighted by molar-refractivity contribution is -0.881. The summed E-state index contributed by atoms with van der Waals surface area (Å²) in [6.07, 6.45) is 0. The maximum absolute atomic E-state index is 12.2. The Kier molecular flexibility index (Phi) is 7.22. The highest BCUT2D eigenvalue weighted by Gasteiger charge is 2.20. The molecular formula is C17H27BrN3O2+. The number of carbonyl (C=O) groups is 2. The number of quaternary nitrogens is 1. The fourth-order valence-electron chi connectivity index (χ4n) is 2.14. The van der Waals surface area contributed by atoms with Gasteiger partial charge in [-0.3, -0.25) is 9.59 Å². The Morgan fingerprint density at radius 3 is 2.30 bits per heavy atom. The van der Waals surface area contributed by atoms with Gasteiger partial charge in [0.1, 0.15) is 0 Å². The summed E-state index contributed by atoms with van der Waals surface area (Å²) in [6, 6.07) is 5.77. The number of carbonyl (C=O) groups excluding carboxylic acids is 2. The van der Waals surface area contributed by atoms with Gasteiger partial charge in [-0.2, -0.15) is 0 Å². The number of hydrogen-bond acceptors (Lipinski definition) is 2. The molecule has 1 rings (SSSR count). The molecule has 0 aliphatic heterocycles. The third kappa shape index (κ3) is 7.61. The lowest BCUT2D eigenvalue weighted by Gasteiger charge is -2.23. The van der Waals surface area contributed by atoms with Gasteiger partial charge in [-0.1, -0.05) is 6.07 Å². The third-order valence-electron chi connectivity index (χ3n) is 3.23. The number of halogens is 1. The van der Waals surface area contributed by atoms with Crippen LogP contribution in [0.2, 0.25) is 0 Å². The largest absolute Gasteiger partial charge is 0.347 e. The first-order chi connectivity index (χ1) is 10.6. The molecule has 0 spiro atoms. The van der Waals surface area contributed by atoms with E-state index in [1.807, 2.05) is 52.8 Å². The van der Waals surface area contributed by atoms with Crippen molar-refractivity contribution in [3.8, 4) is 0 Å². The van der Waals surface area contributed by atoms with Crippen LogP contribution in [-0.2, 0) is 9.59 Å². The van der Waals surface area contributed by atoms with Crippen molar-refractivity contribution in [2.24, 2.45) is 0 Å². The van der Waals surface area contributed by atoms with Crippen molar-refractivity contribution in [1.82, 2.24) is 5.32 Å². The van der Waals surface area contributed by atoms with Crippen molar-refractivity contribution in [3.63, 3.8) is 0 Å². The van der Waals surface area contributed by atoms with Crippen LogP contribution in [0.3, 0.4) is 0 Å². The molecule has 1 aromatic carbocycles. The average Bonchev–Trinajstić information content (AvgIpc) is 2.39. The van der Waals surface area contributed by atoms with Crippen LogP contribution in [0.25, 0.3) is 0 Å². The molecule has 23 heavy (non-hydrogen) atoms. The Bertz CT molecular complexity index is 567. The highest BCUT2D eigenvalue weighted by atomic mass is 79.9. The topological polar surface area (TPSA) is 62.6 Å². The van der Waals surface area contributed by atoms with Crippen molar-refractivity contribution in [3.05, 3.63) is 28.2 Å². The van der Waals surface area contributed by atoms with Crippen LogP contribution in [0, 0.1) is 6.92 Å². The number of likely N-dealkylation sites (N-methyl/N-ethyl adjacent to an activating group) is 1. The van der Waals surface area contributed by atoms with Gasteiger partial charge in [0.25, 0.3) is 11.8 Å². The molecule has 0 bridgehead atoms. The van der Waals surface area contributed by atoms with Crippen LogP contribution in [-0.4, -0.2) is 37.0 Å². The maximum atomic E-state index is 12.2. The van der Waals surface area contributed by atoms with Crippen LogP contribution < -0.4 is 15.5 Å². The van der Waals surface area contributed by atoms with Gasteiger partial charge in [-0.15, -0.1) is 0 Å². The molecule has 0 aliphatic rings. The first-order valence-corrected chi connectivity index (χ1v) is 8.60. The van der Waals surface area contributed by atoms with Crippen molar-refractivity contribution in [2.75, 3.05) is 25.0 Å². The second-order valence-corrected chi connectivity index (χ2v) is 7.64. The minimum Gasteiger partial charge on any atom is -0.347 e. The highest BCUT2D eigenvalue weighted by molar-refractivity contribution is 9.10.